The number of benzene rings is 1. The summed E-state index contributed by atoms with van der Waals surface area (Å²) in [7, 11) is -7.75. The summed E-state index contributed by atoms with van der Waals surface area (Å²) in [5.41, 5.74) is -0.115. The van der Waals surface area contributed by atoms with Crippen LogP contribution < -0.4 is 0 Å². The predicted octanol–water partition coefficient (Wildman–Crippen LogP) is 0.972. The largest absolute Gasteiger partial charge is 0.289 e. The molecule has 1 fully saturated rings. The Morgan fingerprint density at radius 2 is 2.04 bits per heavy atom. The third-order valence-electron chi connectivity index (χ3n) is 4.39. The van der Waals surface area contributed by atoms with Gasteiger partial charge >= 0.3 is 0 Å². The number of rotatable bonds is 5. The van der Waals surface area contributed by atoms with Crippen LogP contribution in [0.3, 0.4) is 0 Å². The quantitative estimate of drug-likeness (QED) is 0.526. The molecule has 1 aliphatic heterocycles. The highest BCUT2D eigenvalue weighted by atomic mass is 32.2. The second-order valence-electron chi connectivity index (χ2n) is 6.10. The van der Waals surface area contributed by atoms with Gasteiger partial charge in [-0.15, -0.1) is 0 Å². The molecule has 10 nitrogen and oxygen atoms in total. The first kappa shape index (κ1) is 19.5. The van der Waals surface area contributed by atoms with E-state index in [4.69, 9.17) is 0 Å². The van der Waals surface area contributed by atoms with Crippen LogP contribution in [-0.4, -0.2) is 53.9 Å². The fourth-order valence-electron chi connectivity index (χ4n) is 3.02. The lowest BCUT2D eigenvalue weighted by Gasteiger charge is -2.33. The number of nitrogens with zero attached hydrogens (tertiary/aromatic N) is 4. The van der Waals surface area contributed by atoms with Gasteiger partial charge in [-0.05, 0) is 13.0 Å². The van der Waals surface area contributed by atoms with Gasteiger partial charge < -0.3 is 0 Å². The lowest BCUT2D eigenvalue weighted by molar-refractivity contribution is -0.387. The zero-order chi connectivity index (χ0) is 19.8. The van der Waals surface area contributed by atoms with E-state index in [1.807, 2.05) is 6.92 Å². The maximum atomic E-state index is 13.2. The number of aryl methyl sites for hydroxylation is 1. The Morgan fingerprint density at radius 3 is 2.67 bits per heavy atom. The van der Waals surface area contributed by atoms with E-state index in [9.17, 15) is 26.9 Å². The van der Waals surface area contributed by atoms with Crippen LogP contribution in [0.1, 0.15) is 18.5 Å². The maximum absolute atomic E-state index is 13.2. The Bertz CT molecular complexity index is 1080. The third kappa shape index (κ3) is 3.73. The molecule has 0 aliphatic carbocycles. The van der Waals surface area contributed by atoms with Gasteiger partial charge in [-0.25, -0.2) is 16.8 Å². The number of para-hydroxylation sites is 1. The number of nitro benzene ring substituents is 1. The molecular formula is C15H18N4O6S2. The molecule has 27 heavy (non-hydrogen) atoms. The molecule has 1 aliphatic rings. The molecule has 0 bridgehead atoms. The summed E-state index contributed by atoms with van der Waals surface area (Å²) in [6.07, 6.45) is 3.02. The number of hydrogen-bond acceptors (Lipinski definition) is 7. The minimum Gasteiger partial charge on any atom is -0.273 e. The van der Waals surface area contributed by atoms with E-state index >= 15 is 0 Å². The predicted molar refractivity (Wildman–Crippen MR) is 96.3 cm³/mol. The van der Waals surface area contributed by atoms with Crippen LogP contribution in [0, 0.1) is 10.1 Å². The molecule has 2 aromatic rings. The van der Waals surface area contributed by atoms with E-state index in [1.54, 1.807) is 10.9 Å². The molecule has 0 saturated carbocycles. The average Bonchev–Trinajstić information content (AvgIpc) is 3.10. The maximum Gasteiger partial charge on any atom is 0.289 e. The minimum absolute atomic E-state index is 0.279. The molecule has 1 aromatic heterocycles. The molecule has 2 heterocycles. The number of hydrogen-bond donors (Lipinski definition) is 0. The minimum atomic E-state index is -4.29. The summed E-state index contributed by atoms with van der Waals surface area (Å²) in [6, 6.07) is 4.04. The second kappa shape index (κ2) is 7.02. The van der Waals surface area contributed by atoms with Crippen LogP contribution in [0.25, 0.3) is 0 Å². The summed E-state index contributed by atoms with van der Waals surface area (Å²) >= 11 is 0. The van der Waals surface area contributed by atoms with Crippen molar-refractivity contribution in [3.63, 3.8) is 0 Å². The SMILES string of the molecule is CCn1cc([C@@H]2CS(=O)(=O)CCN2S(=O)(=O)c2ccccc2[N+](=O)[O-])cn1. The molecule has 146 valence electrons. The van der Waals surface area contributed by atoms with E-state index in [0.29, 0.717) is 12.1 Å². The molecule has 12 heteroatoms. The summed E-state index contributed by atoms with van der Waals surface area (Å²) in [4.78, 5) is 10.0. The highest BCUT2D eigenvalue weighted by Gasteiger charge is 2.42. The van der Waals surface area contributed by atoms with Gasteiger partial charge in [0.15, 0.2) is 14.7 Å². The fraction of sp³-hybridized carbons (Fsp3) is 0.400. The first-order valence-electron chi connectivity index (χ1n) is 8.14. The molecular weight excluding hydrogens is 396 g/mol. The van der Waals surface area contributed by atoms with E-state index in [2.05, 4.69) is 5.10 Å². The van der Waals surface area contributed by atoms with Crippen molar-refractivity contribution < 1.29 is 21.8 Å². The van der Waals surface area contributed by atoms with Crippen molar-refractivity contribution in [2.45, 2.75) is 24.4 Å². The fourth-order valence-corrected chi connectivity index (χ4v) is 6.50. The summed E-state index contributed by atoms with van der Waals surface area (Å²) in [6.45, 7) is 2.10. The Hall–Kier alpha value is -2.31. The Morgan fingerprint density at radius 1 is 1.33 bits per heavy atom. The molecule has 0 amide bonds. The molecule has 3 rings (SSSR count). The third-order valence-corrected chi connectivity index (χ3v) is 7.98. The van der Waals surface area contributed by atoms with Crippen molar-refractivity contribution in [1.29, 1.82) is 0 Å². The molecule has 1 atom stereocenters. The van der Waals surface area contributed by atoms with Gasteiger partial charge in [0.25, 0.3) is 15.7 Å². The highest BCUT2D eigenvalue weighted by Crippen LogP contribution is 2.35. The standard InChI is InChI=1S/C15H18N4O6S2/c1-2-17-10-12(9-16-17)14-11-26(22,23)8-7-18(14)27(24,25)15-6-4-3-5-13(15)19(20)21/h3-6,9-10,14H,2,7-8,11H2,1H3/t14-/m0/s1. The monoisotopic (exact) mass is 414 g/mol. The van der Waals surface area contributed by atoms with Gasteiger partial charge in [-0.3, -0.25) is 14.8 Å². The highest BCUT2D eigenvalue weighted by molar-refractivity contribution is 7.92. The lowest BCUT2D eigenvalue weighted by atomic mass is 10.2. The van der Waals surface area contributed by atoms with Crippen molar-refractivity contribution in [3.05, 3.63) is 52.3 Å². The van der Waals surface area contributed by atoms with Crippen molar-refractivity contribution in [2.75, 3.05) is 18.1 Å². The number of sulfone groups is 1. The van der Waals surface area contributed by atoms with Crippen molar-refractivity contribution in [1.82, 2.24) is 14.1 Å². The smallest absolute Gasteiger partial charge is 0.273 e. The van der Waals surface area contributed by atoms with E-state index in [1.165, 1.54) is 18.3 Å². The molecule has 0 unspecified atom stereocenters. The Labute approximate surface area is 156 Å². The van der Waals surface area contributed by atoms with Gasteiger partial charge in [0.1, 0.15) is 0 Å². The number of nitro groups is 1. The summed E-state index contributed by atoms with van der Waals surface area (Å²) in [5, 5.41) is 15.3. The second-order valence-corrected chi connectivity index (χ2v) is 10.2. The van der Waals surface area contributed by atoms with Crippen LogP contribution in [0.5, 0.6) is 0 Å². The normalized spacial score (nSPS) is 20.4. The lowest BCUT2D eigenvalue weighted by Crippen LogP contribution is -2.46. The average molecular weight is 414 g/mol. The topological polar surface area (TPSA) is 132 Å². The Kier molecular flexibility index (Phi) is 5.06. The van der Waals surface area contributed by atoms with Crippen LogP contribution in [0.4, 0.5) is 5.69 Å². The zero-order valence-corrected chi connectivity index (χ0v) is 16.1. The molecule has 1 aromatic carbocycles. The van der Waals surface area contributed by atoms with Gasteiger partial charge in [0.2, 0.25) is 0 Å². The van der Waals surface area contributed by atoms with Gasteiger partial charge in [0.05, 0.1) is 28.7 Å². The number of sulfonamides is 1. The van der Waals surface area contributed by atoms with Crippen LogP contribution in [0.15, 0.2) is 41.6 Å². The Balaban J connectivity index is 2.10. The first-order chi connectivity index (χ1) is 12.7. The van der Waals surface area contributed by atoms with Gasteiger partial charge in [-0.1, -0.05) is 12.1 Å². The first-order valence-corrected chi connectivity index (χ1v) is 11.4. The van der Waals surface area contributed by atoms with E-state index < -0.39 is 47.2 Å². The van der Waals surface area contributed by atoms with Crippen molar-refractivity contribution in [2.24, 2.45) is 0 Å². The molecule has 0 spiro atoms. The van der Waals surface area contributed by atoms with E-state index in [0.717, 1.165) is 16.4 Å². The van der Waals surface area contributed by atoms with Crippen LogP contribution >= 0.6 is 0 Å². The summed E-state index contributed by atoms with van der Waals surface area (Å²) in [5.74, 6) is -0.743. The molecule has 0 N–H and O–H groups in total. The number of aromatic nitrogens is 2. The van der Waals surface area contributed by atoms with Crippen molar-refractivity contribution >= 4 is 25.5 Å². The van der Waals surface area contributed by atoms with E-state index in [-0.39, 0.29) is 12.3 Å². The van der Waals surface area contributed by atoms with Gasteiger partial charge in [-0.2, -0.15) is 9.40 Å². The molecule has 1 saturated heterocycles. The van der Waals surface area contributed by atoms with Crippen LogP contribution in [0.2, 0.25) is 0 Å². The van der Waals surface area contributed by atoms with Crippen LogP contribution in [-0.2, 0) is 26.4 Å². The molecule has 0 radical (unpaired) electrons. The zero-order valence-electron chi connectivity index (χ0n) is 14.4. The van der Waals surface area contributed by atoms with Gasteiger partial charge in [0, 0.05) is 30.9 Å². The summed E-state index contributed by atoms with van der Waals surface area (Å²) < 4.78 is 53.2. The van der Waals surface area contributed by atoms with Crippen molar-refractivity contribution in [3.8, 4) is 0 Å².